The fourth-order valence-electron chi connectivity index (χ4n) is 3.38. The van der Waals surface area contributed by atoms with Crippen molar-refractivity contribution in [1.82, 2.24) is 0 Å². The van der Waals surface area contributed by atoms with Crippen LogP contribution in [0.3, 0.4) is 0 Å². The second-order valence-corrected chi connectivity index (χ2v) is 8.89. The molecule has 4 aromatic carbocycles. The molecule has 0 fully saturated rings. The summed E-state index contributed by atoms with van der Waals surface area (Å²) in [7, 11) is 0. The van der Waals surface area contributed by atoms with E-state index in [9.17, 15) is 10.1 Å². The van der Waals surface area contributed by atoms with Crippen LogP contribution in [0.4, 0.5) is 5.69 Å². The van der Waals surface area contributed by atoms with Gasteiger partial charge in [-0.05, 0) is 71.8 Å². The SMILES string of the molecule is N#C/C(=C\c1cc(Cl)ccc1OCc1ccccc1)C(=O)Nc1ccc(OCc2ccc(Cl)cc2)cc1. The van der Waals surface area contributed by atoms with Gasteiger partial charge in [-0.2, -0.15) is 5.26 Å². The minimum Gasteiger partial charge on any atom is -0.489 e. The van der Waals surface area contributed by atoms with Crippen LogP contribution in [0.2, 0.25) is 10.0 Å². The molecule has 0 heterocycles. The predicted molar refractivity (Wildman–Crippen MR) is 147 cm³/mol. The van der Waals surface area contributed by atoms with Gasteiger partial charge in [-0.25, -0.2) is 0 Å². The summed E-state index contributed by atoms with van der Waals surface area (Å²) in [5.74, 6) is 0.602. The number of nitrogens with one attached hydrogen (secondary N) is 1. The van der Waals surface area contributed by atoms with Crippen LogP contribution in [-0.2, 0) is 18.0 Å². The van der Waals surface area contributed by atoms with Crippen molar-refractivity contribution >= 4 is 40.9 Å². The Balaban J connectivity index is 1.41. The van der Waals surface area contributed by atoms with Gasteiger partial charge < -0.3 is 14.8 Å². The van der Waals surface area contributed by atoms with Crippen molar-refractivity contribution < 1.29 is 14.3 Å². The van der Waals surface area contributed by atoms with Crippen LogP contribution in [0.15, 0.2) is 103 Å². The number of amides is 1. The third kappa shape index (κ3) is 7.62. The summed E-state index contributed by atoms with van der Waals surface area (Å²) in [5, 5.41) is 13.5. The monoisotopic (exact) mass is 528 g/mol. The van der Waals surface area contributed by atoms with E-state index in [1.54, 1.807) is 54.6 Å². The number of nitrogens with zero attached hydrogens (tertiary/aromatic N) is 1. The van der Waals surface area contributed by atoms with Gasteiger partial charge in [0.2, 0.25) is 0 Å². The van der Waals surface area contributed by atoms with Crippen molar-refractivity contribution in [1.29, 1.82) is 5.26 Å². The van der Waals surface area contributed by atoms with Gasteiger partial charge in [0, 0.05) is 21.3 Å². The van der Waals surface area contributed by atoms with Crippen LogP contribution in [0.25, 0.3) is 6.08 Å². The number of nitriles is 1. The molecule has 0 radical (unpaired) electrons. The van der Waals surface area contributed by atoms with Gasteiger partial charge in [-0.15, -0.1) is 0 Å². The van der Waals surface area contributed by atoms with E-state index in [0.29, 0.717) is 46.0 Å². The van der Waals surface area contributed by atoms with Gasteiger partial charge in [-0.3, -0.25) is 4.79 Å². The van der Waals surface area contributed by atoms with E-state index in [1.165, 1.54) is 6.08 Å². The Kier molecular flexibility index (Phi) is 8.83. The predicted octanol–water partition coefficient (Wildman–Crippen LogP) is 7.70. The molecule has 0 aromatic heterocycles. The lowest BCUT2D eigenvalue weighted by Crippen LogP contribution is -2.13. The van der Waals surface area contributed by atoms with Gasteiger partial charge in [0.15, 0.2) is 0 Å². The standard InChI is InChI=1S/C30H22Cl2N2O3/c31-25-8-6-22(7-9-25)19-36-28-13-11-27(12-14-28)34-30(35)24(18-33)16-23-17-26(32)10-15-29(23)37-20-21-4-2-1-3-5-21/h1-17H,19-20H2,(H,34,35)/b24-16+. The molecule has 37 heavy (non-hydrogen) atoms. The number of hydrogen-bond donors (Lipinski definition) is 1. The summed E-state index contributed by atoms with van der Waals surface area (Å²) < 4.78 is 11.7. The quantitative estimate of drug-likeness (QED) is 0.178. The van der Waals surface area contributed by atoms with E-state index in [4.69, 9.17) is 32.7 Å². The minimum absolute atomic E-state index is 0.0881. The third-order valence-corrected chi connectivity index (χ3v) is 5.79. The van der Waals surface area contributed by atoms with E-state index in [1.807, 2.05) is 48.5 Å². The van der Waals surface area contributed by atoms with Crippen LogP contribution >= 0.6 is 23.2 Å². The van der Waals surface area contributed by atoms with Crippen molar-refractivity contribution in [3.05, 3.63) is 129 Å². The summed E-state index contributed by atoms with van der Waals surface area (Å²) in [6, 6.07) is 31.0. The Morgan fingerprint density at radius 1 is 0.811 bits per heavy atom. The molecule has 0 saturated carbocycles. The molecule has 4 rings (SSSR count). The molecule has 0 aliphatic heterocycles. The first-order chi connectivity index (χ1) is 18.0. The Bertz CT molecular complexity index is 1430. The molecule has 0 atom stereocenters. The Morgan fingerprint density at radius 3 is 2.16 bits per heavy atom. The molecule has 0 spiro atoms. The van der Waals surface area contributed by atoms with Crippen molar-refractivity contribution in [3.63, 3.8) is 0 Å². The van der Waals surface area contributed by atoms with E-state index in [-0.39, 0.29) is 5.57 Å². The van der Waals surface area contributed by atoms with Crippen molar-refractivity contribution in [2.75, 3.05) is 5.32 Å². The molecule has 4 aromatic rings. The van der Waals surface area contributed by atoms with Gasteiger partial charge in [0.25, 0.3) is 5.91 Å². The summed E-state index contributed by atoms with van der Waals surface area (Å²) in [6.07, 6.45) is 1.46. The first-order valence-electron chi connectivity index (χ1n) is 11.4. The Hall–Kier alpha value is -4.24. The van der Waals surface area contributed by atoms with Crippen molar-refractivity contribution in [3.8, 4) is 17.6 Å². The number of hydrogen-bond acceptors (Lipinski definition) is 4. The molecule has 0 bridgehead atoms. The molecule has 1 amide bonds. The highest BCUT2D eigenvalue weighted by Crippen LogP contribution is 2.27. The highest BCUT2D eigenvalue weighted by atomic mass is 35.5. The molecule has 184 valence electrons. The summed E-state index contributed by atoms with van der Waals surface area (Å²) in [4.78, 5) is 12.8. The molecule has 0 aliphatic carbocycles. The molecule has 1 N–H and O–H groups in total. The summed E-state index contributed by atoms with van der Waals surface area (Å²) in [5.41, 5.74) is 2.94. The largest absolute Gasteiger partial charge is 0.489 e. The van der Waals surface area contributed by atoms with Crippen LogP contribution in [0.5, 0.6) is 11.5 Å². The Morgan fingerprint density at radius 2 is 1.46 bits per heavy atom. The van der Waals surface area contributed by atoms with Gasteiger partial charge in [0.05, 0.1) is 0 Å². The first-order valence-corrected chi connectivity index (χ1v) is 12.1. The average Bonchev–Trinajstić information content (AvgIpc) is 2.92. The van der Waals surface area contributed by atoms with Crippen molar-refractivity contribution in [2.45, 2.75) is 13.2 Å². The molecule has 5 nitrogen and oxygen atoms in total. The topological polar surface area (TPSA) is 71.3 Å². The third-order valence-electron chi connectivity index (χ3n) is 5.30. The number of benzene rings is 4. The lowest BCUT2D eigenvalue weighted by atomic mass is 10.1. The van der Waals surface area contributed by atoms with E-state index >= 15 is 0 Å². The molecule has 7 heteroatoms. The fourth-order valence-corrected chi connectivity index (χ4v) is 3.69. The fraction of sp³-hybridized carbons (Fsp3) is 0.0667. The smallest absolute Gasteiger partial charge is 0.266 e. The highest BCUT2D eigenvalue weighted by molar-refractivity contribution is 6.31. The second-order valence-electron chi connectivity index (χ2n) is 8.02. The normalized spacial score (nSPS) is 10.9. The number of anilines is 1. The Labute approximate surface area is 225 Å². The van der Waals surface area contributed by atoms with Crippen LogP contribution in [0, 0.1) is 11.3 Å². The summed E-state index contributed by atoms with van der Waals surface area (Å²) in [6.45, 7) is 0.725. The second kappa shape index (κ2) is 12.6. The molecular formula is C30H22Cl2N2O3. The zero-order valence-corrected chi connectivity index (χ0v) is 21.2. The van der Waals surface area contributed by atoms with Gasteiger partial charge in [-0.1, -0.05) is 65.7 Å². The van der Waals surface area contributed by atoms with E-state index in [2.05, 4.69) is 5.32 Å². The lowest BCUT2D eigenvalue weighted by Gasteiger charge is -2.11. The first kappa shape index (κ1) is 25.8. The molecule has 0 saturated heterocycles. The van der Waals surface area contributed by atoms with Crippen LogP contribution in [-0.4, -0.2) is 5.91 Å². The molecule has 0 aliphatic rings. The zero-order valence-electron chi connectivity index (χ0n) is 19.7. The number of ether oxygens (including phenoxy) is 2. The lowest BCUT2D eigenvalue weighted by molar-refractivity contribution is -0.112. The number of carbonyl (C=O) groups is 1. The highest BCUT2D eigenvalue weighted by Gasteiger charge is 2.12. The maximum absolute atomic E-state index is 12.8. The number of halogens is 2. The average molecular weight is 529 g/mol. The van der Waals surface area contributed by atoms with E-state index in [0.717, 1.165) is 11.1 Å². The minimum atomic E-state index is -0.550. The molecular weight excluding hydrogens is 507 g/mol. The number of carbonyl (C=O) groups excluding carboxylic acids is 1. The maximum atomic E-state index is 12.8. The van der Waals surface area contributed by atoms with Gasteiger partial charge in [0.1, 0.15) is 36.4 Å². The van der Waals surface area contributed by atoms with E-state index < -0.39 is 5.91 Å². The van der Waals surface area contributed by atoms with Gasteiger partial charge >= 0.3 is 0 Å². The van der Waals surface area contributed by atoms with Crippen LogP contribution < -0.4 is 14.8 Å². The van der Waals surface area contributed by atoms with Crippen LogP contribution in [0.1, 0.15) is 16.7 Å². The van der Waals surface area contributed by atoms with Crippen molar-refractivity contribution in [2.24, 2.45) is 0 Å². The molecule has 0 unspecified atom stereocenters. The zero-order chi connectivity index (χ0) is 26.0. The maximum Gasteiger partial charge on any atom is 0.266 e. The number of rotatable bonds is 9. The summed E-state index contributed by atoms with van der Waals surface area (Å²) >= 11 is 12.1.